The van der Waals surface area contributed by atoms with Crippen LogP contribution in [0.15, 0.2) is 47.0 Å². The van der Waals surface area contributed by atoms with Crippen LogP contribution in [0.5, 0.6) is 5.75 Å². The fraction of sp³-hybridized carbons (Fsp3) is 0.375. The summed E-state index contributed by atoms with van der Waals surface area (Å²) in [5.74, 6) is 1.42. The highest BCUT2D eigenvalue weighted by Crippen LogP contribution is 2.26. The molecule has 162 valence electrons. The molecule has 0 radical (unpaired) electrons. The van der Waals surface area contributed by atoms with Crippen LogP contribution in [0.4, 0.5) is 0 Å². The van der Waals surface area contributed by atoms with Crippen molar-refractivity contribution in [2.75, 3.05) is 7.05 Å². The maximum atomic E-state index is 13.0. The van der Waals surface area contributed by atoms with Crippen molar-refractivity contribution in [1.82, 2.24) is 15.0 Å². The van der Waals surface area contributed by atoms with Crippen LogP contribution in [0.1, 0.15) is 43.2 Å². The van der Waals surface area contributed by atoms with Crippen LogP contribution in [0.25, 0.3) is 11.4 Å². The van der Waals surface area contributed by atoms with Crippen LogP contribution in [0.3, 0.4) is 0 Å². The number of fused-ring (bicyclic) bond motifs is 1. The van der Waals surface area contributed by atoms with E-state index in [1.165, 1.54) is 24.0 Å². The van der Waals surface area contributed by atoms with Crippen LogP contribution in [0, 0.1) is 0 Å². The van der Waals surface area contributed by atoms with Crippen molar-refractivity contribution in [3.8, 4) is 17.1 Å². The molecule has 0 spiro atoms. The molecule has 1 aliphatic rings. The SMILES string of the molecule is CCC(Oc1ccc2c(c1)CCCC2)C(=O)N(C)Cc1nc(-c2cccc(Cl)c2)no1. The van der Waals surface area contributed by atoms with Gasteiger partial charge in [0, 0.05) is 17.6 Å². The van der Waals surface area contributed by atoms with E-state index in [9.17, 15) is 4.79 Å². The van der Waals surface area contributed by atoms with Crippen LogP contribution < -0.4 is 4.74 Å². The number of likely N-dealkylation sites (N-methyl/N-ethyl adjacent to an activating group) is 1. The maximum absolute atomic E-state index is 13.0. The zero-order valence-corrected chi connectivity index (χ0v) is 18.6. The highest BCUT2D eigenvalue weighted by Gasteiger charge is 2.24. The van der Waals surface area contributed by atoms with Gasteiger partial charge in [0.05, 0.1) is 6.54 Å². The molecule has 0 saturated heterocycles. The van der Waals surface area contributed by atoms with Gasteiger partial charge >= 0.3 is 0 Å². The summed E-state index contributed by atoms with van der Waals surface area (Å²) in [7, 11) is 1.71. The van der Waals surface area contributed by atoms with Gasteiger partial charge in [-0.05, 0) is 67.5 Å². The fourth-order valence-corrected chi connectivity index (χ4v) is 4.04. The Labute approximate surface area is 187 Å². The molecule has 1 atom stereocenters. The number of carbonyl (C=O) groups is 1. The molecule has 1 amide bonds. The fourth-order valence-electron chi connectivity index (χ4n) is 3.85. The van der Waals surface area contributed by atoms with E-state index in [2.05, 4.69) is 22.3 Å². The largest absolute Gasteiger partial charge is 0.481 e. The molecule has 0 aliphatic heterocycles. The first-order valence-corrected chi connectivity index (χ1v) is 11.0. The number of halogens is 1. The van der Waals surface area contributed by atoms with E-state index in [-0.39, 0.29) is 12.5 Å². The minimum Gasteiger partial charge on any atom is -0.481 e. The van der Waals surface area contributed by atoms with Crippen molar-refractivity contribution >= 4 is 17.5 Å². The van der Waals surface area contributed by atoms with E-state index in [0.29, 0.717) is 23.2 Å². The van der Waals surface area contributed by atoms with Crippen LogP contribution in [-0.4, -0.2) is 34.1 Å². The average molecular weight is 440 g/mol. The number of ether oxygens (including phenoxy) is 1. The molecule has 1 unspecified atom stereocenters. The second-order valence-electron chi connectivity index (χ2n) is 7.87. The molecule has 2 aromatic carbocycles. The zero-order chi connectivity index (χ0) is 21.8. The lowest BCUT2D eigenvalue weighted by Crippen LogP contribution is -2.39. The third kappa shape index (κ3) is 5.07. The van der Waals surface area contributed by atoms with Gasteiger partial charge < -0.3 is 14.2 Å². The van der Waals surface area contributed by atoms with Gasteiger partial charge in [0.2, 0.25) is 11.7 Å². The lowest BCUT2D eigenvalue weighted by molar-refractivity contribution is -0.138. The van der Waals surface area contributed by atoms with Crippen LogP contribution in [0.2, 0.25) is 5.02 Å². The van der Waals surface area contributed by atoms with Gasteiger partial charge in [-0.3, -0.25) is 4.79 Å². The molecule has 0 bridgehead atoms. The Bertz CT molecular complexity index is 1070. The molecule has 1 aliphatic carbocycles. The van der Waals surface area contributed by atoms with E-state index in [4.69, 9.17) is 20.9 Å². The highest BCUT2D eigenvalue weighted by atomic mass is 35.5. The number of carbonyl (C=O) groups excluding carboxylic acids is 1. The van der Waals surface area contributed by atoms with Gasteiger partial charge in [-0.2, -0.15) is 4.98 Å². The maximum Gasteiger partial charge on any atom is 0.263 e. The third-order valence-corrected chi connectivity index (χ3v) is 5.78. The normalized spacial score (nSPS) is 14.0. The molecule has 1 heterocycles. The number of rotatable bonds is 7. The predicted octanol–water partition coefficient (Wildman–Crippen LogP) is 5.08. The number of amides is 1. The molecule has 0 N–H and O–H groups in total. The Morgan fingerprint density at radius 3 is 2.77 bits per heavy atom. The topological polar surface area (TPSA) is 68.5 Å². The van der Waals surface area contributed by atoms with Crippen molar-refractivity contribution < 1.29 is 14.1 Å². The predicted molar refractivity (Wildman–Crippen MR) is 119 cm³/mol. The lowest BCUT2D eigenvalue weighted by atomic mass is 9.92. The zero-order valence-electron chi connectivity index (χ0n) is 17.8. The molecule has 1 aromatic heterocycles. The number of nitrogens with zero attached hydrogens (tertiary/aromatic N) is 3. The summed E-state index contributed by atoms with van der Waals surface area (Å²) >= 11 is 6.03. The lowest BCUT2D eigenvalue weighted by Gasteiger charge is -2.24. The second kappa shape index (κ2) is 9.52. The summed E-state index contributed by atoms with van der Waals surface area (Å²) in [6.07, 6.45) is 4.64. The number of aromatic nitrogens is 2. The number of aryl methyl sites for hydroxylation is 2. The second-order valence-corrected chi connectivity index (χ2v) is 8.31. The Balaban J connectivity index is 1.41. The quantitative estimate of drug-likeness (QED) is 0.513. The van der Waals surface area contributed by atoms with Gasteiger partial charge in [-0.1, -0.05) is 41.9 Å². The number of hydrogen-bond acceptors (Lipinski definition) is 5. The molecule has 3 aromatic rings. The monoisotopic (exact) mass is 439 g/mol. The summed E-state index contributed by atoms with van der Waals surface area (Å²) in [6.45, 7) is 2.15. The standard InChI is InChI=1S/C24H26ClN3O3/c1-3-21(30-20-12-11-16-7-4-5-8-17(16)14-20)24(29)28(2)15-22-26-23(27-31-22)18-9-6-10-19(25)13-18/h6,9-14,21H,3-5,7-8,15H2,1-2H3. The minimum atomic E-state index is -0.568. The van der Waals surface area contributed by atoms with E-state index in [0.717, 1.165) is 24.2 Å². The van der Waals surface area contributed by atoms with Crippen molar-refractivity contribution in [3.63, 3.8) is 0 Å². The van der Waals surface area contributed by atoms with E-state index >= 15 is 0 Å². The summed E-state index contributed by atoms with van der Waals surface area (Å²) in [5.41, 5.74) is 3.49. The van der Waals surface area contributed by atoms with E-state index in [1.807, 2.05) is 25.1 Å². The molecule has 0 saturated carbocycles. The summed E-state index contributed by atoms with van der Waals surface area (Å²) in [4.78, 5) is 18.9. The van der Waals surface area contributed by atoms with E-state index in [1.54, 1.807) is 24.1 Å². The highest BCUT2D eigenvalue weighted by molar-refractivity contribution is 6.30. The molecule has 4 rings (SSSR count). The number of benzene rings is 2. The van der Waals surface area contributed by atoms with Gasteiger partial charge in [-0.15, -0.1) is 0 Å². The van der Waals surface area contributed by atoms with E-state index < -0.39 is 6.10 Å². The first kappa shape index (κ1) is 21.4. The van der Waals surface area contributed by atoms with Gasteiger partial charge in [0.15, 0.2) is 6.10 Å². The summed E-state index contributed by atoms with van der Waals surface area (Å²) in [5, 5.41) is 4.60. The first-order chi connectivity index (χ1) is 15.0. The van der Waals surface area contributed by atoms with Gasteiger partial charge in [0.1, 0.15) is 5.75 Å². The van der Waals surface area contributed by atoms with Crippen LogP contribution in [-0.2, 0) is 24.2 Å². The Hall–Kier alpha value is -2.86. The molecule has 6 nitrogen and oxygen atoms in total. The van der Waals surface area contributed by atoms with Crippen molar-refractivity contribution in [3.05, 3.63) is 64.5 Å². The van der Waals surface area contributed by atoms with Crippen molar-refractivity contribution in [1.29, 1.82) is 0 Å². The molecule has 7 heteroatoms. The summed E-state index contributed by atoms with van der Waals surface area (Å²) in [6, 6.07) is 13.4. The Morgan fingerprint density at radius 1 is 1.19 bits per heavy atom. The molecule has 31 heavy (non-hydrogen) atoms. The third-order valence-electron chi connectivity index (χ3n) is 5.54. The average Bonchev–Trinajstić information content (AvgIpc) is 3.25. The summed E-state index contributed by atoms with van der Waals surface area (Å²) < 4.78 is 11.4. The van der Waals surface area contributed by atoms with Crippen molar-refractivity contribution in [2.45, 2.75) is 51.7 Å². The minimum absolute atomic E-state index is 0.122. The molecular weight excluding hydrogens is 414 g/mol. The number of hydrogen-bond donors (Lipinski definition) is 0. The molecule has 0 fully saturated rings. The van der Waals surface area contributed by atoms with Gasteiger partial charge in [0.25, 0.3) is 5.91 Å². The first-order valence-electron chi connectivity index (χ1n) is 10.7. The Kier molecular flexibility index (Phi) is 6.56. The Morgan fingerprint density at radius 2 is 2.00 bits per heavy atom. The van der Waals surface area contributed by atoms with Crippen molar-refractivity contribution in [2.24, 2.45) is 0 Å². The molecular formula is C24H26ClN3O3. The van der Waals surface area contributed by atoms with Crippen LogP contribution >= 0.6 is 11.6 Å². The van der Waals surface area contributed by atoms with Gasteiger partial charge in [-0.25, -0.2) is 0 Å². The smallest absolute Gasteiger partial charge is 0.263 e.